The molecule has 1 atom stereocenters. The van der Waals surface area contributed by atoms with Crippen molar-refractivity contribution in [1.82, 2.24) is 24.7 Å². The normalized spacial score (nSPS) is 16.5. The number of fused-ring (bicyclic) bond motifs is 1. The molecule has 1 unspecified atom stereocenters. The summed E-state index contributed by atoms with van der Waals surface area (Å²) in [6.45, 7) is 2.88. The van der Waals surface area contributed by atoms with E-state index < -0.39 is 21.8 Å². The molecule has 10 nitrogen and oxygen atoms in total. The molecular weight excluding hydrogens is 521 g/mol. The summed E-state index contributed by atoms with van der Waals surface area (Å²) in [4.78, 5) is 10.5. The van der Waals surface area contributed by atoms with E-state index in [2.05, 4.69) is 20.2 Å². The van der Waals surface area contributed by atoms with Crippen molar-refractivity contribution in [2.24, 2.45) is 5.92 Å². The van der Waals surface area contributed by atoms with E-state index in [9.17, 15) is 21.6 Å². The van der Waals surface area contributed by atoms with Crippen molar-refractivity contribution >= 4 is 32.1 Å². The highest BCUT2D eigenvalue weighted by atomic mass is 32.2. The van der Waals surface area contributed by atoms with E-state index in [1.165, 1.54) is 11.3 Å². The van der Waals surface area contributed by atoms with E-state index in [4.69, 9.17) is 9.26 Å². The smallest absolute Gasteiger partial charge is 0.455 e. The monoisotopic (exact) mass is 542 g/mol. The summed E-state index contributed by atoms with van der Waals surface area (Å²) < 4.78 is 73.8. The molecule has 4 aromatic rings. The Morgan fingerprint density at radius 2 is 1.86 bits per heavy atom. The average molecular weight is 543 g/mol. The lowest BCUT2D eigenvalue weighted by Gasteiger charge is -2.33. The van der Waals surface area contributed by atoms with Crippen LogP contribution in [0.4, 0.5) is 19.2 Å². The molecular formula is C21H21F3N6O4S2. The van der Waals surface area contributed by atoms with Gasteiger partial charge in [-0.2, -0.15) is 18.2 Å². The molecule has 1 aliphatic rings. The zero-order valence-electron chi connectivity index (χ0n) is 19.1. The van der Waals surface area contributed by atoms with Gasteiger partial charge in [0.05, 0.1) is 16.8 Å². The largest absolute Gasteiger partial charge is 0.466 e. The minimum absolute atomic E-state index is 0.128. The summed E-state index contributed by atoms with van der Waals surface area (Å²) >= 11 is 1.29. The molecule has 0 amide bonds. The molecule has 1 aliphatic heterocycles. The van der Waals surface area contributed by atoms with E-state index in [1.54, 1.807) is 39.9 Å². The van der Waals surface area contributed by atoms with Gasteiger partial charge in [-0.05, 0) is 54.3 Å². The predicted octanol–water partition coefficient (Wildman–Crippen LogP) is 3.95. The van der Waals surface area contributed by atoms with Crippen LogP contribution in [0, 0.1) is 5.92 Å². The van der Waals surface area contributed by atoms with Crippen LogP contribution in [0.15, 0.2) is 39.9 Å². The number of aromatic nitrogens is 5. The second-order valence-corrected chi connectivity index (χ2v) is 11.5. The lowest BCUT2D eigenvalue weighted by molar-refractivity contribution is -0.146. The predicted molar refractivity (Wildman–Crippen MR) is 124 cm³/mol. The maximum absolute atomic E-state index is 12.7. The van der Waals surface area contributed by atoms with Crippen LogP contribution in [0.2, 0.25) is 0 Å². The molecule has 0 radical (unpaired) electrons. The number of hydrogen-bond donors (Lipinski definition) is 0. The average Bonchev–Trinajstić information content (AvgIpc) is 3.54. The number of piperidine rings is 1. The molecule has 1 fully saturated rings. The number of rotatable bonds is 6. The Morgan fingerprint density at radius 3 is 2.44 bits per heavy atom. The van der Waals surface area contributed by atoms with Crippen LogP contribution in [0.25, 0.3) is 16.2 Å². The van der Waals surface area contributed by atoms with Gasteiger partial charge in [0.1, 0.15) is 6.10 Å². The summed E-state index contributed by atoms with van der Waals surface area (Å²) in [6.07, 6.45) is -0.538. The SMILES string of the molecule is CC(Oc1nn2cc(-c3ccc(S(C)(=O)=O)cc3)nc2s1)C1CCN(c2nc(C(F)(F)F)no2)CC1. The lowest BCUT2D eigenvalue weighted by Crippen LogP contribution is -2.38. The maximum atomic E-state index is 12.7. The first-order valence-electron chi connectivity index (χ1n) is 11.0. The number of halogens is 3. The first-order valence-corrected chi connectivity index (χ1v) is 13.7. The zero-order valence-corrected chi connectivity index (χ0v) is 20.8. The summed E-state index contributed by atoms with van der Waals surface area (Å²) in [7, 11) is -3.27. The fourth-order valence-corrected chi connectivity index (χ4v) is 5.46. The minimum atomic E-state index is -4.64. The van der Waals surface area contributed by atoms with E-state index in [1.807, 2.05) is 6.92 Å². The highest BCUT2D eigenvalue weighted by Crippen LogP contribution is 2.32. The second kappa shape index (κ2) is 9.03. The maximum Gasteiger partial charge on any atom is 0.455 e. The Balaban J connectivity index is 1.19. The molecule has 4 heterocycles. The van der Waals surface area contributed by atoms with Crippen LogP contribution in [0.5, 0.6) is 5.19 Å². The van der Waals surface area contributed by atoms with Crippen molar-refractivity contribution in [2.75, 3.05) is 24.2 Å². The fraction of sp³-hybridized carbons (Fsp3) is 0.429. The number of alkyl halides is 3. The second-order valence-electron chi connectivity index (χ2n) is 8.56. The fourth-order valence-electron chi connectivity index (χ4n) is 4.02. The molecule has 3 aromatic heterocycles. The van der Waals surface area contributed by atoms with Crippen molar-refractivity contribution < 1.29 is 30.8 Å². The van der Waals surface area contributed by atoms with Crippen LogP contribution >= 0.6 is 11.3 Å². The van der Waals surface area contributed by atoms with Gasteiger partial charge in [-0.1, -0.05) is 12.1 Å². The molecule has 1 aromatic carbocycles. The number of ether oxygens (including phenoxy) is 1. The van der Waals surface area contributed by atoms with E-state index in [-0.39, 0.29) is 22.9 Å². The number of hydrogen-bond acceptors (Lipinski definition) is 10. The molecule has 0 aliphatic carbocycles. The Morgan fingerprint density at radius 1 is 1.17 bits per heavy atom. The van der Waals surface area contributed by atoms with Gasteiger partial charge in [-0.25, -0.2) is 17.9 Å². The van der Waals surface area contributed by atoms with E-state index in [0.717, 1.165) is 11.8 Å². The number of nitrogens with zero attached hydrogens (tertiary/aromatic N) is 6. The van der Waals surface area contributed by atoms with Crippen LogP contribution in [0.1, 0.15) is 25.6 Å². The molecule has 192 valence electrons. The first kappa shape index (κ1) is 24.5. The highest BCUT2D eigenvalue weighted by molar-refractivity contribution is 7.90. The third kappa shape index (κ3) is 5.02. The van der Waals surface area contributed by atoms with Crippen molar-refractivity contribution in [3.63, 3.8) is 0 Å². The molecule has 0 bridgehead atoms. The van der Waals surface area contributed by atoms with Crippen molar-refractivity contribution in [3.8, 4) is 16.5 Å². The number of anilines is 1. The van der Waals surface area contributed by atoms with Crippen molar-refractivity contribution in [2.45, 2.75) is 36.9 Å². The van der Waals surface area contributed by atoms with Crippen LogP contribution in [-0.2, 0) is 16.0 Å². The molecule has 0 saturated carbocycles. The number of sulfone groups is 1. The molecule has 15 heteroatoms. The standard InChI is InChI=1S/C21H21F3N6O4S2/c1-12(13-7-9-29(10-8-13)18-26-17(28-34-18)21(22,23)24)33-20-27-30-11-16(25-19(30)35-20)14-3-5-15(6-4-14)36(2,31)32/h3-6,11-13H,7-10H2,1-2H3. The van der Waals surface area contributed by atoms with E-state index >= 15 is 0 Å². The first-order chi connectivity index (χ1) is 17.0. The van der Waals surface area contributed by atoms with Crippen LogP contribution in [-0.4, -0.2) is 58.6 Å². The molecule has 5 rings (SSSR count). The molecule has 1 saturated heterocycles. The van der Waals surface area contributed by atoms with Crippen molar-refractivity contribution in [3.05, 3.63) is 36.3 Å². The quantitative estimate of drug-likeness (QED) is 0.357. The summed E-state index contributed by atoms with van der Waals surface area (Å²) in [6, 6.07) is 6.36. The third-order valence-electron chi connectivity index (χ3n) is 6.03. The minimum Gasteiger partial charge on any atom is -0.466 e. The lowest BCUT2D eigenvalue weighted by atomic mass is 9.92. The van der Waals surface area contributed by atoms with Gasteiger partial charge in [0, 0.05) is 24.9 Å². The Labute approximate surface area is 207 Å². The van der Waals surface area contributed by atoms with Gasteiger partial charge >= 0.3 is 12.2 Å². The molecule has 36 heavy (non-hydrogen) atoms. The van der Waals surface area contributed by atoms with Crippen molar-refractivity contribution in [1.29, 1.82) is 0 Å². The summed E-state index contributed by atoms with van der Waals surface area (Å²) in [5, 5.41) is 7.91. The summed E-state index contributed by atoms with van der Waals surface area (Å²) in [5.74, 6) is -1.11. The third-order valence-corrected chi connectivity index (χ3v) is 7.97. The van der Waals surface area contributed by atoms with Gasteiger partial charge in [-0.3, -0.25) is 0 Å². The van der Waals surface area contributed by atoms with Gasteiger partial charge < -0.3 is 14.2 Å². The van der Waals surface area contributed by atoms with E-state index in [0.29, 0.717) is 41.8 Å². The topological polar surface area (TPSA) is 116 Å². The number of benzene rings is 1. The van der Waals surface area contributed by atoms with Gasteiger partial charge in [0.15, 0.2) is 9.84 Å². The van der Waals surface area contributed by atoms with Crippen LogP contribution < -0.4 is 9.64 Å². The summed E-state index contributed by atoms with van der Waals surface area (Å²) in [5.41, 5.74) is 1.43. The van der Waals surface area contributed by atoms with Crippen LogP contribution in [0.3, 0.4) is 0 Å². The van der Waals surface area contributed by atoms with Gasteiger partial charge in [-0.15, -0.1) is 5.10 Å². The Bertz CT molecular complexity index is 1440. The highest BCUT2D eigenvalue weighted by Gasteiger charge is 2.38. The van der Waals surface area contributed by atoms with Gasteiger partial charge in [0.2, 0.25) is 4.96 Å². The Kier molecular flexibility index (Phi) is 6.14. The van der Waals surface area contributed by atoms with Gasteiger partial charge in [0.25, 0.3) is 11.0 Å². The molecule has 0 N–H and O–H groups in total. The zero-order chi connectivity index (χ0) is 25.7. The Hall–Kier alpha value is -3.20. The number of imidazole rings is 1. The molecule has 0 spiro atoms.